The molecule has 0 saturated carbocycles. The van der Waals surface area contributed by atoms with Crippen LogP contribution in [0.25, 0.3) is 0 Å². The van der Waals surface area contributed by atoms with Crippen LogP contribution in [-0.4, -0.2) is 53.9 Å². The van der Waals surface area contributed by atoms with Crippen molar-refractivity contribution in [1.29, 1.82) is 0 Å². The molecule has 1 aromatic rings. The lowest BCUT2D eigenvalue weighted by atomic mass is 10.0. The fourth-order valence-electron chi connectivity index (χ4n) is 2.35. The van der Waals surface area contributed by atoms with E-state index in [4.69, 9.17) is 5.73 Å². The van der Waals surface area contributed by atoms with Gasteiger partial charge in [0.15, 0.2) is 0 Å². The SMILES string of the molecule is CN(C)C1CCCN(C(=O)c2cc(F)cnc2N)C1. The molecular weight excluding hydrogens is 247 g/mol. The van der Waals surface area contributed by atoms with E-state index in [0.29, 0.717) is 19.1 Å². The fourth-order valence-corrected chi connectivity index (χ4v) is 2.35. The van der Waals surface area contributed by atoms with Crippen LogP contribution in [-0.2, 0) is 0 Å². The van der Waals surface area contributed by atoms with Gasteiger partial charge in [-0.3, -0.25) is 4.79 Å². The number of carbonyl (C=O) groups excluding carboxylic acids is 1. The van der Waals surface area contributed by atoms with Gasteiger partial charge in [0.1, 0.15) is 11.6 Å². The van der Waals surface area contributed by atoms with E-state index in [1.165, 1.54) is 0 Å². The summed E-state index contributed by atoms with van der Waals surface area (Å²) < 4.78 is 13.2. The third-order valence-electron chi connectivity index (χ3n) is 3.53. The predicted octanol–water partition coefficient (Wildman–Crippen LogP) is 0.969. The summed E-state index contributed by atoms with van der Waals surface area (Å²) in [5, 5.41) is 0. The van der Waals surface area contributed by atoms with Gasteiger partial charge < -0.3 is 15.5 Å². The Morgan fingerprint density at radius 1 is 1.58 bits per heavy atom. The van der Waals surface area contributed by atoms with Gasteiger partial charge in [-0.25, -0.2) is 9.37 Å². The number of hydrogen-bond donors (Lipinski definition) is 1. The number of nitrogens with two attached hydrogens (primary N) is 1. The number of amides is 1. The Kier molecular flexibility index (Phi) is 3.99. The number of halogens is 1. The van der Waals surface area contributed by atoms with Gasteiger partial charge in [0.25, 0.3) is 5.91 Å². The van der Waals surface area contributed by atoms with Gasteiger partial charge >= 0.3 is 0 Å². The number of pyridine rings is 1. The van der Waals surface area contributed by atoms with Crippen molar-refractivity contribution < 1.29 is 9.18 Å². The molecule has 1 saturated heterocycles. The second kappa shape index (κ2) is 5.52. The zero-order valence-electron chi connectivity index (χ0n) is 11.3. The van der Waals surface area contributed by atoms with Crippen LogP contribution >= 0.6 is 0 Å². The fraction of sp³-hybridized carbons (Fsp3) is 0.538. The van der Waals surface area contributed by atoms with Gasteiger partial charge in [-0.15, -0.1) is 0 Å². The van der Waals surface area contributed by atoms with Gasteiger partial charge in [-0.2, -0.15) is 0 Å². The number of hydrogen-bond acceptors (Lipinski definition) is 4. The molecule has 2 heterocycles. The Morgan fingerprint density at radius 2 is 2.32 bits per heavy atom. The Hall–Kier alpha value is -1.69. The van der Waals surface area contributed by atoms with Crippen molar-refractivity contribution in [2.24, 2.45) is 0 Å². The molecule has 5 nitrogen and oxygen atoms in total. The lowest BCUT2D eigenvalue weighted by molar-refractivity contribution is 0.0635. The van der Waals surface area contributed by atoms with E-state index in [1.54, 1.807) is 4.90 Å². The minimum absolute atomic E-state index is 0.0818. The molecule has 1 amide bonds. The number of piperidine rings is 1. The second-order valence-corrected chi connectivity index (χ2v) is 5.10. The molecule has 2 N–H and O–H groups in total. The number of carbonyl (C=O) groups is 1. The van der Waals surface area contributed by atoms with Crippen molar-refractivity contribution >= 4 is 11.7 Å². The molecule has 1 aliphatic heterocycles. The number of rotatable bonds is 2. The second-order valence-electron chi connectivity index (χ2n) is 5.10. The smallest absolute Gasteiger partial charge is 0.257 e. The maximum absolute atomic E-state index is 13.2. The van der Waals surface area contributed by atoms with E-state index in [0.717, 1.165) is 25.1 Å². The Labute approximate surface area is 112 Å². The van der Waals surface area contributed by atoms with Crippen molar-refractivity contribution in [2.75, 3.05) is 32.9 Å². The van der Waals surface area contributed by atoms with Crippen LogP contribution in [0.2, 0.25) is 0 Å². The summed E-state index contributed by atoms with van der Waals surface area (Å²) in [5.41, 5.74) is 5.81. The quantitative estimate of drug-likeness (QED) is 0.866. The van der Waals surface area contributed by atoms with E-state index in [2.05, 4.69) is 9.88 Å². The molecule has 1 unspecified atom stereocenters. The minimum atomic E-state index is -0.543. The highest BCUT2D eigenvalue weighted by molar-refractivity contribution is 5.98. The van der Waals surface area contributed by atoms with Crippen LogP contribution in [0.3, 0.4) is 0 Å². The van der Waals surface area contributed by atoms with Gasteiger partial charge in [0.05, 0.1) is 11.8 Å². The molecular formula is C13H19FN4O. The predicted molar refractivity (Wildman–Crippen MR) is 71.2 cm³/mol. The van der Waals surface area contributed by atoms with Crippen molar-refractivity contribution in [3.05, 3.63) is 23.6 Å². The summed E-state index contributed by atoms with van der Waals surface area (Å²) in [6.07, 6.45) is 3.02. The molecule has 0 radical (unpaired) electrons. The summed E-state index contributed by atoms with van der Waals surface area (Å²) in [4.78, 5) is 19.9. The summed E-state index contributed by atoms with van der Waals surface area (Å²) in [6, 6.07) is 1.49. The number of nitrogens with zero attached hydrogens (tertiary/aromatic N) is 3. The lowest BCUT2D eigenvalue weighted by Gasteiger charge is -2.36. The first-order valence-electron chi connectivity index (χ1n) is 6.35. The van der Waals surface area contributed by atoms with Crippen LogP contribution in [0.5, 0.6) is 0 Å². The van der Waals surface area contributed by atoms with E-state index in [9.17, 15) is 9.18 Å². The standard InChI is InChI=1S/C13H19FN4O/c1-17(2)10-4-3-5-18(8-10)13(19)11-6-9(14)7-16-12(11)15/h6-7,10H,3-5,8H2,1-2H3,(H2,15,16). The van der Waals surface area contributed by atoms with Crippen LogP contribution in [0.15, 0.2) is 12.3 Å². The van der Waals surface area contributed by atoms with Crippen molar-refractivity contribution in [3.8, 4) is 0 Å². The molecule has 6 heteroatoms. The molecule has 19 heavy (non-hydrogen) atoms. The number of nitrogen functional groups attached to an aromatic ring is 1. The van der Waals surface area contributed by atoms with Crippen LogP contribution in [0, 0.1) is 5.82 Å². The third kappa shape index (κ3) is 3.01. The Morgan fingerprint density at radius 3 is 3.00 bits per heavy atom. The van der Waals surface area contributed by atoms with E-state index >= 15 is 0 Å². The van der Waals surface area contributed by atoms with Crippen molar-refractivity contribution in [3.63, 3.8) is 0 Å². The van der Waals surface area contributed by atoms with E-state index in [-0.39, 0.29) is 17.3 Å². The highest BCUT2D eigenvalue weighted by atomic mass is 19.1. The normalized spacial score (nSPS) is 19.8. The molecule has 0 bridgehead atoms. The van der Waals surface area contributed by atoms with Gasteiger partial charge in [0, 0.05) is 19.1 Å². The van der Waals surface area contributed by atoms with E-state index in [1.807, 2.05) is 14.1 Å². The molecule has 0 spiro atoms. The van der Waals surface area contributed by atoms with Gasteiger partial charge in [-0.1, -0.05) is 0 Å². The average Bonchev–Trinajstić information content (AvgIpc) is 2.41. The van der Waals surface area contributed by atoms with Crippen LogP contribution in [0.4, 0.5) is 10.2 Å². The molecule has 1 fully saturated rings. The lowest BCUT2D eigenvalue weighted by Crippen LogP contribution is -2.47. The molecule has 1 aliphatic rings. The van der Waals surface area contributed by atoms with Crippen molar-refractivity contribution in [2.45, 2.75) is 18.9 Å². The molecule has 0 aromatic carbocycles. The van der Waals surface area contributed by atoms with Crippen molar-refractivity contribution in [1.82, 2.24) is 14.8 Å². The zero-order chi connectivity index (χ0) is 14.0. The number of likely N-dealkylation sites (N-methyl/N-ethyl adjacent to an activating group) is 1. The highest BCUT2D eigenvalue weighted by Crippen LogP contribution is 2.19. The maximum atomic E-state index is 13.2. The summed E-state index contributed by atoms with van der Waals surface area (Å²) >= 11 is 0. The highest BCUT2D eigenvalue weighted by Gasteiger charge is 2.27. The molecule has 104 valence electrons. The average molecular weight is 266 g/mol. The zero-order valence-corrected chi connectivity index (χ0v) is 11.3. The summed E-state index contributed by atoms with van der Waals surface area (Å²) in [5.74, 6) is -0.701. The number of anilines is 1. The third-order valence-corrected chi connectivity index (χ3v) is 3.53. The van der Waals surface area contributed by atoms with Crippen LogP contribution in [0.1, 0.15) is 23.2 Å². The number of likely N-dealkylation sites (tertiary alicyclic amines) is 1. The largest absolute Gasteiger partial charge is 0.383 e. The monoisotopic (exact) mass is 266 g/mol. The summed E-state index contributed by atoms with van der Waals surface area (Å²) in [7, 11) is 3.99. The maximum Gasteiger partial charge on any atom is 0.257 e. The molecule has 1 aromatic heterocycles. The molecule has 0 aliphatic carbocycles. The van der Waals surface area contributed by atoms with Gasteiger partial charge in [-0.05, 0) is 33.0 Å². The Bertz CT molecular complexity index is 478. The Balaban J connectivity index is 2.17. The summed E-state index contributed by atoms with van der Waals surface area (Å²) in [6.45, 7) is 1.32. The molecule has 2 rings (SSSR count). The molecule has 1 atom stereocenters. The topological polar surface area (TPSA) is 62.5 Å². The van der Waals surface area contributed by atoms with Crippen LogP contribution < -0.4 is 5.73 Å². The number of aromatic nitrogens is 1. The first-order chi connectivity index (χ1) is 8.99. The van der Waals surface area contributed by atoms with E-state index < -0.39 is 5.82 Å². The first-order valence-corrected chi connectivity index (χ1v) is 6.35. The minimum Gasteiger partial charge on any atom is -0.383 e. The first kappa shape index (κ1) is 13.7. The van der Waals surface area contributed by atoms with Gasteiger partial charge in [0.2, 0.25) is 0 Å².